The summed E-state index contributed by atoms with van der Waals surface area (Å²) in [5.74, 6) is -0.267. The number of carbonyl (C=O) groups is 1. The Morgan fingerprint density at radius 2 is 1.75 bits per heavy atom. The molecule has 1 fully saturated rings. The third-order valence-electron chi connectivity index (χ3n) is 6.33. The van der Waals surface area contributed by atoms with E-state index >= 15 is 0 Å². The summed E-state index contributed by atoms with van der Waals surface area (Å²) in [6.07, 6.45) is 2.90. The van der Waals surface area contributed by atoms with Crippen LogP contribution in [0.25, 0.3) is 0 Å². The van der Waals surface area contributed by atoms with Gasteiger partial charge in [0.05, 0.1) is 11.2 Å². The molecule has 0 saturated heterocycles. The quantitative estimate of drug-likeness (QED) is 0.496. The highest BCUT2D eigenvalue weighted by molar-refractivity contribution is 6.30. The zero-order valence-electron chi connectivity index (χ0n) is 18.3. The molecule has 1 saturated carbocycles. The van der Waals surface area contributed by atoms with Gasteiger partial charge < -0.3 is 9.64 Å². The molecular weight excluding hydrogens is 426 g/mol. The standard InChI is InChI=1S/C25H26ClN3O3/c1-18-22(26)27-23(28(2)25(14-9-15-25)20-12-7-4-8-13-20)24(31)29(18)16-21(30)32-17-19-10-5-3-6-11-19/h3-8,10-13H,9,14-17H2,1-2H3. The largest absolute Gasteiger partial charge is 0.459 e. The van der Waals surface area contributed by atoms with E-state index in [0.29, 0.717) is 5.69 Å². The van der Waals surface area contributed by atoms with Crippen LogP contribution < -0.4 is 10.5 Å². The second-order valence-corrected chi connectivity index (χ2v) is 8.52. The highest BCUT2D eigenvalue weighted by Gasteiger charge is 2.44. The van der Waals surface area contributed by atoms with Crippen molar-refractivity contribution in [3.8, 4) is 0 Å². The van der Waals surface area contributed by atoms with Crippen LogP contribution in [0, 0.1) is 6.92 Å². The predicted molar refractivity (Wildman–Crippen MR) is 125 cm³/mol. The van der Waals surface area contributed by atoms with Gasteiger partial charge in [0.2, 0.25) is 0 Å². The average molecular weight is 452 g/mol. The number of esters is 1. The van der Waals surface area contributed by atoms with Crippen molar-refractivity contribution in [1.82, 2.24) is 9.55 Å². The number of aromatic nitrogens is 2. The maximum absolute atomic E-state index is 13.4. The molecule has 7 heteroatoms. The molecule has 1 aromatic heterocycles. The van der Waals surface area contributed by atoms with Crippen molar-refractivity contribution >= 4 is 23.4 Å². The first-order valence-corrected chi connectivity index (χ1v) is 11.1. The molecule has 0 spiro atoms. The highest BCUT2D eigenvalue weighted by atomic mass is 35.5. The average Bonchev–Trinajstić information content (AvgIpc) is 2.78. The first kappa shape index (κ1) is 22.1. The molecule has 1 aliphatic carbocycles. The summed E-state index contributed by atoms with van der Waals surface area (Å²) in [5.41, 5.74) is 1.80. The number of carbonyl (C=O) groups excluding carboxylic acids is 1. The summed E-state index contributed by atoms with van der Waals surface area (Å²) in [4.78, 5) is 32.2. The van der Waals surface area contributed by atoms with Crippen molar-refractivity contribution in [1.29, 1.82) is 0 Å². The normalized spacial score (nSPS) is 14.5. The number of rotatable bonds is 7. The lowest BCUT2D eigenvalue weighted by Gasteiger charge is -2.49. The van der Waals surface area contributed by atoms with E-state index in [2.05, 4.69) is 17.1 Å². The van der Waals surface area contributed by atoms with Gasteiger partial charge in [-0.25, -0.2) is 4.98 Å². The van der Waals surface area contributed by atoms with Gasteiger partial charge >= 0.3 is 5.97 Å². The minimum atomic E-state index is -0.503. The molecule has 6 nitrogen and oxygen atoms in total. The summed E-state index contributed by atoms with van der Waals surface area (Å²) in [6, 6.07) is 19.5. The monoisotopic (exact) mass is 451 g/mol. The molecule has 0 bridgehead atoms. The summed E-state index contributed by atoms with van der Waals surface area (Å²) >= 11 is 6.40. The van der Waals surface area contributed by atoms with Crippen molar-refractivity contribution in [3.05, 3.63) is 93.0 Å². The number of halogens is 1. The summed E-state index contributed by atoms with van der Waals surface area (Å²) in [6.45, 7) is 1.61. The molecule has 0 aliphatic heterocycles. The van der Waals surface area contributed by atoms with Crippen molar-refractivity contribution in [3.63, 3.8) is 0 Å². The third kappa shape index (κ3) is 4.15. The number of anilines is 1. The van der Waals surface area contributed by atoms with Gasteiger partial charge in [-0.3, -0.25) is 14.2 Å². The van der Waals surface area contributed by atoms with Crippen LogP contribution >= 0.6 is 11.6 Å². The maximum Gasteiger partial charge on any atom is 0.326 e. The number of hydrogen-bond donors (Lipinski definition) is 0. The van der Waals surface area contributed by atoms with Gasteiger partial charge in [0.25, 0.3) is 5.56 Å². The second-order valence-electron chi connectivity index (χ2n) is 8.16. The van der Waals surface area contributed by atoms with Crippen LogP contribution in [0.3, 0.4) is 0 Å². The fraction of sp³-hybridized carbons (Fsp3) is 0.320. The van der Waals surface area contributed by atoms with Crippen LogP contribution in [0.4, 0.5) is 5.82 Å². The molecule has 0 radical (unpaired) electrons. The van der Waals surface area contributed by atoms with Gasteiger partial charge in [0, 0.05) is 7.05 Å². The van der Waals surface area contributed by atoms with Gasteiger partial charge in [-0.05, 0) is 37.3 Å². The number of ether oxygens (including phenoxy) is 1. The van der Waals surface area contributed by atoms with E-state index in [4.69, 9.17) is 16.3 Å². The van der Waals surface area contributed by atoms with E-state index in [0.717, 1.165) is 30.4 Å². The van der Waals surface area contributed by atoms with Gasteiger partial charge in [-0.15, -0.1) is 0 Å². The molecule has 0 amide bonds. The smallest absolute Gasteiger partial charge is 0.326 e. The van der Waals surface area contributed by atoms with Crippen LogP contribution in [-0.2, 0) is 28.2 Å². The molecule has 0 atom stereocenters. The molecule has 1 aliphatic rings. The zero-order valence-corrected chi connectivity index (χ0v) is 19.0. The minimum Gasteiger partial charge on any atom is -0.459 e. The SMILES string of the molecule is Cc1c(Cl)nc(N(C)C2(c3ccccc3)CCC2)c(=O)n1CC(=O)OCc1ccccc1. The lowest BCUT2D eigenvalue weighted by atomic mass is 9.70. The van der Waals surface area contributed by atoms with E-state index in [1.165, 1.54) is 4.57 Å². The van der Waals surface area contributed by atoms with Crippen LogP contribution in [0.15, 0.2) is 65.5 Å². The first-order valence-electron chi connectivity index (χ1n) is 10.7. The highest BCUT2D eigenvalue weighted by Crippen LogP contribution is 2.46. The molecule has 0 unspecified atom stereocenters. The van der Waals surface area contributed by atoms with Crippen LogP contribution in [0.5, 0.6) is 0 Å². The molecule has 166 valence electrons. The number of benzene rings is 2. The van der Waals surface area contributed by atoms with E-state index in [1.54, 1.807) is 6.92 Å². The summed E-state index contributed by atoms with van der Waals surface area (Å²) < 4.78 is 6.73. The topological polar surface area (TPSA) is 64.4 Å². The van der Waals surface area contributed by atoms with Crippen molar-refractivity contribution in [2.24, 2.45) is 0 Å². The van der Waals surface area contributed by atoms with Crippen LogP contribution in [0.2, 0.25) is 5.15 Å². The Morgan fingerprint density at radius 3 is 2.34 bits per heavy atom. The fourth-order valence-electron chi connectivity index (χ4n) is 4.21. The van der Waals surface area contributed by atoms with Crippen molar-refractivity contribution in [2.75, 3.05) is 11.9 Å². The van der Waals surface area contributed by atoms with E-state index in [-0.39, 0.29) is 35.2 Å². The third-order valence-corrected chi connectivity index (χ3v) is 6.68. The summed E-state index contributed by atoms with van der Waals surface area (Å²) in [5, 5.41) is 0.199. The number of hydrogen-bond acceptors (Lipinski definition) is 5. The molecule has 0 N–H and O–H groups in total. The Morgan fingerprint density at radius 1 is 1.12 bits per heavy atom. The van der Waals surface area contributed by atoms with Gasteiger partial charge in [-0.2, -0.15) is 0 Å². The van der Waals surface area contributed by atoms with E-state index in [9.17, 15) is 9.59 Å². The predicted octanol–water partition coefficient (Wildman–Crippen LogP) is 4.46. The van der Waals surface area contributed by atoms with Crippen molar-refractivity contribution in [2.45, 2.75) is 44.9 Å². The number of nitrogens with zero attached hydrogens (tertiary/aromatic N) is 3. The van der Waals surface area contributed by atoms with Crippen LogP contribution in [-0.4, -0.2) is 22.6 Å². The summed E-state index contributed by atoms with van der Waals surface area (Å²) in [7, 11) is 1.87. The maximum atomic E-state index is 13.4. The minimum absolute atomic E-state index is 0.149. The fourth-order valence-corrected chi connectivity index (χ4v) is 4.39. The van der Waals surface area contributed by atoms with E-state index in [1.807, 2.05) is 60.5 Å². The first-order chi connectivity index (χ1) is 15.4. The Labute approximate surface area is 192 Å². The molecule has 32 heavy (non-hydrogen) atoms. The van der Waals surface area contributed by atoms with Crippen LogP contribution in [0.1, 0.15) is 36.1 Å². The molecule has 4 rings (SSSR count). The molecule has 3 aromatic rings. The Hall–Kier alpha value is -3.12. The van der Waals surface area contributed by atoms with Gasteiger partial charge in [0.1, 0.15) is 13.2 Å². The molecular formula is C25H26ClN3O3. The second kappa shape index (κ2) is 9.17. The van der Waals surface area contributed by atoms with Gasteiger partial charge in [-0.1, -0.05) is 72.3 Å². The lowest BCUT2D eigenvalue weighted by molar-refractivity contribution is -0.145. The van der Waals surface area contributed by atoms with E-state index < -0.39 is 5.97 Å². The Balaban J connectivity index is 1.61. The van der Waals surface area contributed by atoms with Gasteiger partial charge in [0.15, 0.2) is 11.0 Å². The zero-order chi connectivity index (χ0) is 22.7. The Kier molecular flexibility index (Phi) is 6.33. The lowest BCUT2D eigenvalue weighted by Crippen LogP contribution is -2.52. The van der Waals surface area contributed by atoms with Crippen molar-refractivity contribution < 1.29 is 9.53 Å². The molecule has 1 heterocycles. The molecule has 2 aromatic carbocycles. The Bertz CT molecular complexity index is 1160.